The summed E-state index contributed by atoms with van der Waals surface area (Å²) in [5.74, 6) is -1.20. The van der Waals surface area contributed by atoms with Crippen LogP contribution in [0.4, 0.5) is 0 Å². The highest BCUT2D eigenvalue weighted by molar-refractivity contribution is 7.91. The predicted octanol–water partition coefficient (Wildman–Crippen LogP) is 1.53. The molecule has 1 unspecified atom stereocenters. The third-order valence-electron chi connectivity index (χ3n) is 3.87. The van der Waals surface area contributed by atoms with Gasteiger partial charge in [-0.3, -0.25) is 4.98 Å². The van der Waals surface area contributed by atoms with Crippen molar-refractivity contribution >= 4 is 27.3 Å². The number of hydrogen-bond acceptors (Lipinski definition) is 6. The molecular weight excluding hydrogens is 350 g/mol. The molecule has 0 aliphatic carbocycles. The van der Waals surface area contributed by atoms with Crippen molar-refractivity contribution in [2.75, 3.05) is 6.54 Å². The molecule has 0 saturated carbocycles. The molecule has 9 heteroatoms. The molecule has 0 radical (unpaired) electrons. The van der Waals surface area contributed by atoms with Gasteiger partial charge in [-0.2, -0.15) is 0 Å². The number of carbonyl (C=O) groups is 1. The van der Waals surface area contributed by atoms with Gasteiger partial charge < -0.3 is 10.4 Å². The zero-order valence-corrected chi connectivity index (χ0v) is 14.6. The van der Waals surface area contributed by atoms with Crippen molar-refractivity contribution in [2.45, 2.75) is 30.1 Å². The summed E-state index contributed by atoms with van der Waals surface area (Å²) in [5, 5.41) is 12.6. The number of hydrogen-bond donors (Lipinski definition) is 3. The Kier molecular flexibility index (Phi) is 4.68. The van der Waals surface area contributed by atoms with E-state index in [4.69, 9.17) is 0 Å². The van der Waals surface area contributed by atoms with Crippen LogP contribution < -0.4 is 10.0 Å². The van der Waals surface area contributed by atoms with E-state index in [2.05, 4.69) is 15.0 Å². The summed E-state index contributed by atoms with van der Waals surface area (Å²) in [4.78, 5) is 16.4. The van der Waals surface area contributed by atoms with Gasteiger partial charge in [-0.15, -0.1) is 11.3 Å². The van der Waals surface area contributed by atoms with Crippen molar-refractivity contribution in [2.24, 2.45) is 0 Å². The van der Waals surface area contributed by atoms with E-state index in [-0.39, 0.29) is 9.77 Å². The predicted molar refractivity (Wildman–Crippen MR) is 89.7 cm³/mol. The van der Waals surface area contributed by atoms with Crippen LogP contribution in [0.1, 0.15) is 39.3 Å². The number of nitrogens with zero attached hydrogens (tertiary/aromatic N) is 1. The van der Waals surface area contributed by atoms with Crippen LogP contribution in [-0.2, 0) is 23.0 Å². The number of carboxylic acids is 1. The number of rotatable bonds is 5. The lowest BCUT2D eigenvalue weighted by atomic mass is 10.1. The summed E-state index contributed by atoms with van der Waals surface area (Å²) >= 11 is 1.02. The molecule has 3 rings (SSSR count). The number of aromatic carboxylic acids is 1. The van der Waals surface area contributed by atoms with Crippen LogP contribution in [0.15, 0.2) is 28.7 Å². The Morgan fingerprint density at radius 2 is 2.29 bits per heavy atom. The van der Waals surface area contributed by atoms with E-state index in [1.807, 2.05) is 0 Å². The van der Waals surface area contributed by atoms with Gasteiger partial charge in [0, 0.05) is 29.9 Å². The minimum atomic E-state index is -3.95. The number of thiophene rings is 1. The van der Waals surface area contributed by atoms with Crippen LogP contribution >= 0.6 is 11.3 Å². The Morgan fingerprint density at radius 3 is 2.96 bits per heavy atom. The lowest BCUT2D eigenvalue weighted by Gasteiger charge is -2.14. The van der Waals surface area contributed by atoms with Crippen LogP contribution in [-0.4, -0.2) is 31.0 Å². The third-order valence-corrected chi connectivity index (χ3v) is 7.16. The molecule has 3 N–H and O–H groups in total. The highest BCUT2D eigenvalue weighted by Crippen LogP contribution is 2.35. The Bertz CT molecular complexity index is 862. The number of sulfonamides is 1. The van der Waals surface area contributed by atoms with Crippen LogP contribution in [0.25, 0.3) is 0 Å². The van der Waals surface area contributed by atoms with Gasteiger partial charge in [-0.25, -0.2) is 17.9 Å². The first-order valence-electron chi connectivity index (χ1n) is 7.41. The van der Waals surface area contributed by atoms with Crippen molar-refractivity contribution < 1.29 is 18.3 Å². The van der Waals surface area contributed by atoms with Gasteiger partial charge in [0.25, 0.3) is 10.0 Å². The highest BCUT2D eigenvalue weighted by Gasteiger charge is 2.32. The lowest BCUT2D eigenvalue weighted by Crippen LogP contribution is -2.28. The van der Waals surface area contributed by atoms with Crippen LogP contribution in [0.3, 0.4) is 0 Å². The average molecular weight is 367 g/mol. The highest BCUT2D eigenvalue weighted by atomic mass is 32.2. The maximum absolute atomic E-state index is 12.8. The first-order chi connectivity index (χ1) is 11.4. The Labute approximate surface area is 143 Å². The Balaban J connectivity index is 1.98. The standard InChI is InChI=1S/C15H17N3O4S2/c1-9(10-3-2-5-16-7-10)18-24(21,22)15-13(14(19)20)11-4-6-17-8-12(11)23-15/h2-3,5,7,9,17-18H,4,6,8H2,1H3,(H,19,20). The number of aromatic nitrogens is 1. The molecule has 1 aliphatic heterocycles. The maximum atomic E-state index is 12.8. The summed E-state index contributed by atoms with van der Waals surface area (Å²) in [5.41, 5.74) is 1.24. The molecule has 0 saturated heterocycles. The SMILES string of the molecule is CC(NS(=O)(=O)c1sc2c(c1C(=O)O)CCNC2)c1cccnc1. The molecule has 1 atom stereocenters. The third kappa shape index (κ3) is 3.20. The summed E-state index contributed by atoms with van der Waals surface area (Å²) in [6, 6.07) is 2.97. The first-order valence-corrected chi connectivity index (χ1v) is 9.71. The zero-order chi connectivity index (χ0) is 17.3. The molecule has 0 spiro atoms. The van der Waals surface area contributed by atoms with E-state index in [1.165, 1.54) is 0 Å². The number of carboxylic acid groups (broad SMARTS) is 1. The molecule has 0 amide bonds. The molecule has 0 fully saturated rings. The van der Waals surface area contributed by atoms with E-state index in [9.17, 15) is 18.3 Å². The number of pyridine rings is 1. The van der Waals surface area contributed by atoms with E-state index in [1.54, 1.807) is 31.5 Å². The summed E-state index contributed by atoms with van der Waals surface area (Å²) in [6.07, 6.45) is 3.70. The summed E-state index contributed by atoms with van der Waals surface area (Å²) < 4.78 is 27.9. The minimum Gasteiger partial charge on any atom is -0.478 e. The molecule has 2 aromatic heterocycles. The molecule has 0 aromatic carbocycles. The van der Waals surface area contributed by atoms with Crippen LogP contribution in [0.2, 0.25) is 0 Å². The molecule has 0 bridgehead atoms. The van der Waals surface area contributed by atoms with Gasteiger partial charge in [0.1, 0.15) is 4.21 Å². The first kappa shape index (κ1) is 17.0. The quantitative estimate of drug-likeness (QED) is 0.739. The molecule has 128 valence electrons. The van der Waals surface area contributed by atoms with Gasteiger partial charge in [0.2, 0.25) is 0 Å². The van der Waals surface area contributed by atoms with Crippen molar-refractivity contribution in [1.29, 1.82) is 0 Å². The lowest BCUT2D eigenvalue weighted by molar-refractivity contribution is 0.0692. The summed E-state index contributed by atoms with van der Waals surface area (Å²) in [7, 11) is -3.95. The topological polar surface area (TPSA) is 108 Å². The van der Waals surface area contributed by atoms with E-state index in [0.29, 0.717) is 30.6 Å². The van der Waals surface area contributed by atoms with Gasteiger partial charge >= 0.3 is 5.97 Å². The second-order valence-corrected chi connectivity index (χ2v) is 8.54. The Morgan fingerprint density at radius 1 is 1.50 bits per heavy atom. The molecule has 24 heavy (non-hydrogen) atoms. The van der Waals surface area contributed by atoms with E-state index in [0.717, 1.165) is 16.2 Å². The van der Waals surface area contributed by atoms with Crippen molar-refractivity contribution in [3.8, 4) is 0 Å². The average Bonchev–Trinajstić information content (AvgIpc) is 2.96. The fourth-order valence-corrected chi connectivity index (χ4v) is 5.81. The molecular formula is C15H17N3O4S2. The van der Waals surface area contributed by atoms with Crippen molar-refractivity contribution in [1.82, 2.24) is 15.0 Å². The second kappa shape index (κ2) is 6.60. The number of nitrogens with one attached hydrogen (secondary N) is 2. The van der Waals surface area contributed by atoms with Crippen molar-refractivity contribution in [3.05, 3.63) is 46.1 Å². The second-order valence-electron chi connectivity index (χ2n) is 5.53. The van der Waals surface area contributed by atoms with Crippen molar-refractivity contribution in [3.63, 3.8) is 0 Å². The van der Waals surface area contributed by atoms with Gasteiger partial charge in [-0.05, 0) is 37.1 Å². The monoisotopic (exact) mass is 367 g/mol. The molecule has 7 nitrogen and oxygen atoms in total. The normalized spacial score (nSPS) is 15.7. The smallest absolute Gasteiger partial charge is 0.338 e. The molecule has 1 aliphatic rings. The maximum Gasteiger partial charge on any atom is 0.338 e. The largest absolute Gasteiger partial charge is 0.478 e. The van der Waals surface area contributed by atoms with Crippen LogP contribution in [0, 0.1) is 0 Å². The fraction of sp³-hybridized carbons (Fsp3) is 0.333. The fourth-order valence-electron chi connectivity index (χ4n) is 2.70. The summed E-state index contributed by atoms with van der Waals surface area (Å²) in [6.45, 7) is 2.83. The minimum absolute atomic E-state index is 0.0950. The van der Waals surface area contributed by atoms with Gasteiger partial charge in [0.05, 0.1) is 5.56 Å². The van der Waals surface area contributed by atoms with E-state index < -0.39 is 22.0 Å². The molecule has 2 aromatic rings. The van der Waals surface area contributed by atoms with Gasteiger partial charge in [-0.1, -0.05) is 6.07 Å². The Hall–Kier alpha value is -1.81. The van der Waals surface area contributed by atoms with E-state index >= 15 is 0 Å². The zero-order valence-electron chi connectivity index (χ0n) is 12.9. The van der Waals surface area contributed by atoms with Crippen LogP contribution in [0.5, 0.6) is 0 Å². The molecule has 3 heterocycles. The number of fused-ring (bicyclic) bond motifs is 1. The van der Waals surface area contributed by atoms with Gasteiger partial charge in [0.15, 0.2) is 0 Å².